The standard InChI is InChI=1S/C20H20N2O5/c23-16-9-8-14(11-17(16)24)18(25)12-22-10-4-7-15(22)20(27)21-19(26)13-5-2-1-3-6-13/h1-3,5-6,8-9,11,15,23-24H,4,7,10,12H2,(H,21,26,27)/t15-/m0/s1. The highest BCUT2D eigenvalue weighted by molar-refractivity contribution is 6.06. The van der Waals surface area contributed by atoms with Gasteiger partial charge in [0.25, 0.3) is 5.91 Å². The van der Waals surface area contributed by atoms with Crippen LogP contribution in [0, 0.1) is 0 Å². The molecule has 27 heavy (non-hydrogen) atoms. The molecule has 0 aromatic heterocycles. The van der Waals surface area contributed by atoms with Crippen LogP contribution in [0.3, 0.4) is 0 Å². The largest absolute Gasteiger partial charge is 0.504 e. The topological polar surface area (TPSA) is 107 Å². The van der Waals surface area contributed by atoms with E-state index in [-0.39, 0.29) is 29.4 Å². The van der Waals surface area contributed by atoms with E-state index in [9.17, 15) is 24.6 Å². The summed E-state index contributed by atoms with van der Waals surface area (Å²) in [6.45, 7) is 0.551. The Balaban J connectivity index is 1.64. The third kappa shape index (κ3) is 4.32. The van der Waals surface area contributed by atoms with Crippen LogP contribution in [0.2, 0.25) is 0 Å². The molecular formula is C20H20N2O5. The molecule has 2 amide bonds. The number of rotatable bonds is 5. The molecule has 0 unspecified atom stereocenters. The molecule has 1 fully saturated rings. The summed E-state index contributed by atoms with van der Waals surface area (Å²) >= 11 is 0. The molecule has 0 aliphatic carbocycles. The number of ketones is 1. The Morgan fingerprint density at radius 2 is 1.74 bits per heavy atom. The van der Waals surface area contributed by atoms with E-state index in [4.69, 9.17) is 0 Å². The summed E-state index contributed by atoms with van der Waals surface area (Å²) in [6.07, 6.45) is 1.30. The van der Waals surface area contributed by atoms with Crippen LogP contribution in [0.5, 0.6) is 11.5 Å². The fourth-order valence-electron chi connectivity index (χ4n) is 3.14. The van der Waals surface area contributed by atoms with Gasteiger partial charge < -0.3 is 10.2 Å². The van der Waals surface area contributed by atoms with Crippen LogP contribution in [0.15, 0.2) is 48.5 Å². The molecule has 2 aromatic carbocycles. The zero-order chi connectivity index (χ0) is 19.4. The van der Waals surface area contributed by atoms with Crippen molar-refractivity contribution in [1.82, 2.24) is 10.2 Å². The maximum atomic E-state index is 12.5. The Bertz CT molecular complexity index is 866. The molecule has 2 aromatic rings. The predicted octanol–water partition coefficient (Wildman–Crippen LogP) is 1.70. The molecule has 3 N–H and O–H groups in total. The lowest BCUT2D eigenvalue weighted by Crippen LogP contribution is -2.46. The van der Waals surface area contributed by atoms with Gasteiger partial charge in [0, 0.05) is 11.1 Å². The number of imide groups is 1. The molecule has 7 heteroatoms. The van der Waals surface area contributed by atoms with Gasteiger partial charge in [0.1, 0.15) is 0 Å². The van der Waals surface area contributed by atoms with Crippen LogP contribution in [-0.2, 0) is 4.79 Å². The SMILES string of the molecule is O=C(CN1CCC[C@H]1C(=O)NC(=O)c1ccccc1)c1ccc(O)c(O)c1. The molecule has 7 nitrogen and oxygen atoms in total. The van der Waals surface area contributed by atoms with Crippen LogP contribution < -0.4 is 5.32 Å². The third-order valence-corrected chi connectivity index (χ3v) is 4.58. The van der Waals surface area contributed by atoms with Crippen molar-refractivity contribution in [2.24, 2.45) is 0 Å². The highest BCUT2D eigenvalue weighted by Crippen LogP contribution is 2.26. The Labute approximate surface area is 156 Å². The Morgan fingerprint density at radius 3 is 2.44 bits per heavy atom. The van der Waals surface area contributed by atoms with Gasteiger partial charge in [-0.2, -0.15) is 0 Å². The Morgan fingerprint density at radius 1 is 1.00 bits per heavy atom. The van der Waals surface area contributed by atoms with Crippen molar-refractivity contribution >= 4 is 17.6 Å². The van der Waals surface area contributed by atoms with E-state index in [2.05, 4.69) is 5.32 Å². The molecule has 1 saturated heterocycles. The van der Waals surface area contributed by atoms with E-state index in [1.54, 1.807) is 35.2 Å². The second kappa shape index (κ2) is 8.01. The zero-order valence-corrected chi connectivity index (χ0v) is 14.6. The first-order chi connectivity index (χ1) is 13.0. The second-order valence-electron chi connectivity index (χ2n) is 6.44. The highest BCUT2D eigenvalue weighted by atomic mass is 16.3. The first-order valence-corrected chi connectivity index (χ1v) is 8.65. The van der Waals surface area contributed by atoms with Crippen molar-refractivity contribution in [3.8, 4) is 11.5 Å². The van der Waals surface area contributed by atoms with E-state index in [0.717, 1.165) is 6.42 Å². The molecule has 3 rings (SSSR count). The predicted molar refractivity (Wildman–Crippen MR) is 97.6 cm³/mol. The molecule has 0 saturated carbocycles. The monoisotopic (exact) mass is 368 g/mol. The maximum absolute atomic E-state index is 12.5. The van der Waals surface area contributed by atoms with Crippen molar-refractivity contribution in [1.29, 1.82) is 0 Å². The molecule has 1 aliphatic rings. The van der Waals surface area contributed by atoms with E-state index in [1.807, 2.05) is 0 Å². The first kappa shape index (κ1) is 18.6. The average Bonchev–Trinajstić information content (AvgIpc) is 3.12. The Kier molecular flexibility index (Phi) is 5.52. The number of Topliss-reactive ketones (excluding diaryl/α,β-unsaturated/α-hetero) is 1. The summed E-state index contributed by atoms with van der Waals surface area (Å²) < 4.78 is 0. The quantitative estimate of drug-likeness (QED) is 0.421. The number of aromatic hydroxyl groups is 2. The summed E-state index contributed by atoms with van der Waals surface area (Å²) in [4.78, 5) is 38.8. The highest BCUT2D eigenvalue weighted by Gasteiger charge is 2.33. The van der Waals surface area contributed by atoms with Gasteiger partial charge in [-0.3, -0.25) is 24.6 Å². The van der Waals surface area contributed by atoms with Gasteiger partial charge in [0.2, 0.25) is 5.91 Å². The van der Waals surface area contributed by atoms with Gasteiger partial charge in [0.15, 0.2) is 17.3 Å². The van der Waals surface area contributed by atoms with Crippen LogP contribution >= 0.6 is 0 Å². The number of benzene rings is 2. The van der Waals surface area contributed by atoms with Crippen molar-refractivity contribution < 1.29 is 24.6 Å². The van der Waals surface area contributed by atoms with Crippen molar-refractivity contribution in [2.75, 3.05) is 13.1 Å². The number of amides is 2. The van der Waals surface area contributed by atoms with E-state index in [1.165, 1.54) is 18.2 Å². The zero-order valence-electron chi connectivity index (χ0n) is 14.6. The lowest BCUT2D eigenvalue weighted by Gasteiger charge is -2.22. The van der Waals surface area contributed by atoms with E-state index >= 15 is 0 Å². The normalized spacial score (nSPS) is 16.8. The number of nitrogens with one attached hydrogen (secondary N) is 1. The van der Waals surface area contributed by atoms with Gasteiger partial charge in [-0.05, 0) is 49.7 Å². The van der Waals surface area contributed by atoms with Crippen LogP contribution in [-0.4, -0.2) is 51.8 Å². The van der Waals surface area contributed by atoms with Gasteiger partial charge in [0.05, 0.1) is 12.6 Å². The maximum Gasteiger partial charge on any atom is 0.257 e. The minimum absolute atomic E-state index is 0.0121. The van der Waals surface area contributed by atoms with Gasteiger partial charge >= 0.3 is 0 Å². The summed E-state index contributed by atoms with van der Waals surface area (Å²) in [5.41, 5.74) is 0.641. The number of carbonyl (C=O) groups excluding carboxylic acids is 3. The van der Waals surface area contributed by atoms with Crippen LogP contribution in [0.4, 0.5) is 0 Å². The van der Waals surface area contributed by atoms with Gasteiger partial charge in [-0.15, -0.1) is 0 Å². The first-order valence-electron chi connectivity index (χ1n) is 8.65. The number of nitrogens with zero attached hydrogens (tertiary/aromatic N) is 1. The molecule has 0 radical (unpaired) electrons. The number of likely N-dealkylation sites (tertiary alicyclic amines) is 1. The summed E-state index contributed by atoms with van der Waals surface area (Å²) in [5.74, 6) is -1.85. The van der Waals surface area contributed by atoms with Crippen LogP contribution in [0.1, 0.15) is 33.6 Å². The number of hydrogen-bond donors (Lipinski definition) is 3. The fraction of sp³-hybridized carbons (Fsp3) is 0.250. The average molecular weight is 368 g/mol. The Hall–Kier alpha value is -3.19. The second-order valence-corrected chi connectivity index (χ2v) is 6.44. The molecule has 140 valence electrons. The number of carbonyl (C=O) groups is 3. The number of phenolic OH excluding ortho intramolecular Hbond substituents is 2. The molecule has 1 aliphatic heterocycles. The lowest BCUT2D eigenvalue weighted by molar-refractivity contribution is -0.124. The smallest absolute Gasteiger partial charge is 0.257 e. The van der Waals surface area contributed by atoms with Gasteiger partial charge in [-0.1, -0.05) is 18.2 Å². The van der Waals surface area contributed by atoms with E-state index in [0.29, 0.717) is 18.5 Å². The van der Waals surface area contributed by atoms with Crippen molar-refractivity contribution in [3.05, 3.63) is 59.7 Å². The van der Waals surface area contributed by atoms with Crippen molar-refractivity contribution in [3.63, 3.8) is 0 Å². The fourth-order valence-corrected chi connectivity index (χ4v) is 3.14. The summed E-state index contributed by atoms with van der Waals surface area (Å²) in [5, 5.41) is 21.3. The minimum atomic E-state index is -0.563. The van der Waals surface area contributed by atoms with Gasteiger partial charge in [-0.25, -0.2) is 0 Å². The molecule has 0 spiro atoms. The van der Waals surface area contributed by atoms with Crippen molar-refractivity contribution in [2.45, 2.75) is 18.9 Å². The van der Waals surface area contributed by atoms with Crippen LogP contribution in [0.25, 0.3) is 0 Å². The summed E-state index contributed by atoms with van der Waals surface area (Å²) in [6, 6.07) is 11.8. The number of hydrogen-bond acceptors (Lipinski definition) is 6. The van der Waals surface area contributed by atoms with E-state index < -0.39 is 17.9 Å². The molecule has 1 atom stereocenters. The minimum Gasteiger partial charge on any atom is -0.504 e. The summed E-state index contributed by atoms with van der Waals surface area (Å²) in [7, 11) is 0. The molecule has 0 bridgehead atoms. The number of phenols is 2. The molecule has 1 heterocycles. The molecular weight excluding hydrogens is 348 g/mol. The lowest BCUT2D eigenvalue weighted by atomic mass is 10.1. The third-order valence-electron chi connectivity index (χ3n) is 4.58.